The standard InChI is InChI=1S/C25H26F6N2O4/c1-22(2,3)37-21(35)33-23(4,13-34)8-7-14-5-6-19-18(9-14)32-20(36-19)15-10-16(24(26,27)28)12-17(11-15)25(29,30)31/h5-6,9-12,34H,7-8,13H2,1-4H3,(H,33,35)/t23-/m1/s1. The maximum absolute atomic E-state index is 13.2. The maximum atomic E-state index is 13.2. The van der Waals surface area contributed by atoms with Crippen LogP contribution in [0.25, 0.3) is 22.6 Å². The van der Waals surface area contributed by atoms with Gasteiger partial charge in [-0.05, 0) is 76.4 Å². The first-order chi connectivity index (χ1) is 16.9. The Morgan fingerprint density at radius 1 is 0.973 bits per heavy atom. The molecule has 0 unspecified atom stereocenters. The summed E-state index contributed by atoms with van der Waals surface area (Å²) in [6.07, 6.45) is -10.0. The van der Waals surface area contributed by atoms with Crippen molar-refractivity contribution in [3.05, 3.63) is 53.1 Å². The number of nitrogens with zero attached hydrogens (tertiary/aromatic N) is 1. The SMILES string of the molecule is CC(C)(C)OC(=O)N[C@@](C)(CO)CCc1ccc2oc(-c3cc(C(F)(F)F)cc(C(F)(F)F)c3)nc2c1. The molecule has 12 heteroatoms. The van der Waals surface area contributed by atoms with Gasteiger partial charge >= 0.3 is 18.4 Å². The third-order valence-electron chi connectivity index (χ3n) is 5.40. The fraction of sp³-hybridized carbons (Fsp3) is 0.440. The first-order valence-electron chi connectivity index (χ1n) is 11.2. The second-order valence-corrected chi connectivity index (χ2v) is 9.96. The van der Waals surface area contributed by atoms with Gasteiger partial charge in [-0.1, -0.05) is 6.07 Å². The number of hydrogen-bond donors (Lipinski definition) is 2. The van der Waals surface area contributed by atoms with E-state index in [2.05, 4.69) is 10.3 Å². The molecule has 0 aliphatic heterocycles. The molecule has 1 amide bonds. The molecule has 202 valence electrons. The van der Waals surface area contributed by atoms with Gasteiger partial charge < -0.3 is 19.6 Å². The van der Waals surface area contributed by atoms with Crippen molar-refractivity contribution >= 4 is 17.2 Å². The zero-order chi connectivity index (χ0) is 27.8. The van der Waals surface area contributed by atoms with Crippen LogP contribution in [0.2, 0.25) is 0 Å². The number of alkyl carbamates (subject to hydrolysis) is 1. The van der Waals surface area contributed by atoms with Gasteiger partial charge in [0.2, 0.25) is 5.89 Å². The van der Waals surface area contributed by atoms with Crippen LogP contribution in [-0.4, -0.2) is 33.9 Å². The molecule has 6 nitrogen and oxygen atoms in total. The lowest BCUT2D eigenvalue weighted by atomic mass is 9.94. The largest absolute Gasteiger partial charge is 0.444 e. The number of ether oxygens (including phenoxy) is 1. The zero-order valence-electron chi connectivity index (χ0n) is 20.5. The van der Waals surface area contributed by atoms with Crippen molar-refractivity contribution < 1.29 is 45.4 Å². The fourth-order valence-electron chi connectivity index (χ4n) is 3.48. The molecule has 1 heterocycles. The van der Waals surface area contributed by atoms with Gasteiger partial charge in [0.25, 0.3) is 0 Å². The average molecular weight is 532 g/mol. The number of carbonyl (C=O) groups excluding carboxylic acids is 1. The van der Waals surface area contributed by atoms with Gasteiger partial charge in [-0.2, -0.15) is 26.3 Å². The van der Waals surface area contributed by atoms with Crippen LogP contribution < -0.4 is 5.32 Å². The van der Waals surface area contributed by atoms with E-state index in [1.165, 1.54) is 6.07 Å². The van der Waals surface area contributed by atoms with Crippen LogP contribution in [0.4, 0.5) is 31.1 Å². The van der Waals surface area contributed by atoms with E-state index in [9.17, 15) is 36.2 Å². The molecular formula is C25H26F6N2O4. The van der Waals surface area contributed by atoms with Crippen LogP contribution in [0.5, 0.6) is 0 Å². The highest BCUT2D eigenvalue weighted by atomic mass is 19.4. The normalized spacial score (nSPS) is 14.5. The predicted octanol–water partition coefficient (Wildman–Crippen LogP) is 6.74. The number of alkyl halides is 6. The van der Waals surface area contributed by atoms with Crippen molar-refractivity contribution in [3.63, 3.8) is 0 Å². The molecular weight excluding hydrogens is 506 g/mol. The molecule has 0 saturated carbocycles. The van der Waals surface area contributed by atoms with E-state index >= 15 is 0 Å². The lowest BCUT2D eigenvalue weighted by molar-refractivity contribution is -0.143. The molecule has 37 heavy (non-hydrogen) atoms. The Morgan fingerprint density at radius 2 is 1.57 bits per heavy atom. The maximum Gasteiger partial charge on any atom is 0.416 e. The van der Waals surface area contributed by atoms with Crippen molar-refractivity contribution in [1.82, 2.24) is 10.3 Å². The van der Waals surface area contributed by atoms with E-state index in [0.29, 0.717) is 30.5 Å². The Hall–Kier alpha value is -3.28. The van der Waals surface area contributed by atoms with Gasteiger partial charge in [0.15, 0.2) is 5.58 Å². The quantitative estimate of drug-likeness (QED) is 0.344. The Bertz CT molecular complexity index is 1240. The number of aryl methyl sites for hydroxylation is 1. The van der Waals surface area contributed by atoms with Crippen LogP contribution in [-0.2, 0) is 23.5 Å². The van der Waals surface area contributed by atoms with Crippen molar-refractivity contribution in [2.75, 3.05) is 6.61 Å². The summed E-state index contributed by atoms with van der Waals surface area (Å²) in [5, 5.41) is 12.5. The molecule has 0 fully saturated rings. The summed E-state index contributed by atoms with van der Waals surface area (Å²) in [6.45, 7) is 6.36. The number of benzene rings is 2. The van der Waals surface area contributed by atoms with Crippen LogP contribution in [0, 0.1) is 0 Å². The van der Waals surface area contributed by atoms with Gasteiger partial charge in [-0.25, -0.2) is 9.78 Å². The zero-order valence-corrected chi connectivity index (χ0v) is 20.5. The summed E-state index contributed by atoms with van der Waals surface area (Å²) in [5.41, 5.74) is -4.06. The number of amides is 1. The lowest BCUT2D eigenvalue weighted by Crippen LogP contribution is -2.50. The van der Waals surface area contributed by atoms with E-state index in [1.54, 1.807) is 39.8 Å². The molecule has 2 aromatic carbocycles. The number of aliphatic hydroxyl groups is 1. The van der Waals surface area contributed by atoms with Gasteiger partial charge in [0, 0.05) is 5.56 Å². The number of aromatic nitrogens is 1. The number of nitrogens with one attached hydrogen (secondary N) is 1. The Balaban J connectivity index is 1.85. The van der Waals surface area contributed by atoms with E-state index in [1.807, 2.05) is 0 Å². The fourth-order valence-corrected chi connectivity index (χ4v) is 3.48. The van der Waals surface area contributed by atoms with Crippen molar-refractivity contribution in [2.24, 2.45) is 0 Å². The first kappa shape index (κ1) is 28.3. The number of rotatable bonds is 6. The predicted molar refractivity (Wildman–Crippen MR) is 123 cm³/mol. The highest BCUT2D eigenvalue weighted by Crippen LogP contribution is 2.39. The molecule has 0 aliphatic carbocycles. The Labute approximate surface area is 208 Å². The van der Waals surface area contributed by atoms with Gasteiger partial charge in [0.05, 0.1) is 23.3 Å². The highest BCUT2D eigenvalue weighted by Gasteiger charge is 2.37. The third kappa shape index (κ3) is 7.37. The molecule has 0 aliphatic rings. The number of hydrogen-bond acceptors (Lipinski definition) is 5. The van der Waals surface area contributed by atoms with Gasteiger partial charge in [0.1, 0.15) is 11.1 Å². The molecule has 0 saturated heterocycles. The van der Waals surface area contributed by atoms with E-state index in [-0.39, 0.29) is 23.8 Å². The molecule has 0 bridgehead atoms. The molecule has 0 spiro atoms. The average Bonchev–Trinajstić information content (AvgIpc) is 3.18. The molecule has 0 radical (unpaired) electrons. The van der Waals surface area contributed by atoms with Gasteiger partial charge in [-0.15, -0.1) is 0 Å². The second kappa shape index (κ2) is 9.88. The summed E-state index contributed by atoms with van der Waals surface area (Å²) in [4.78, 5) is 16.2. The number of halogens is 6. The minimum absolute atomic E-state index is 0.0355. The molecule has 3 rings (SSSR count). The van der Waals surface area contributed by atoms with Crippen LogP contribution in [0.1, 0.15) is 50.8 Å². The minimum atomic E-state index is -5.00. The number of carbonyl (C=O) groups is 1. The van der Waals surface area contributed by atoms with Crippen molar-refractivity contribution in [1.29, 1.82) is 0 Å². The number of aliphatic hydroxyl groups excluding tert-OH is 1. The minimum Gasteiger partial charge on any atom is -0.444 e. The molecule has 1 atom stereocenters. The number of fused-ring (bicyclic) bond motifs is 1. The number of oxazole rings is 1. The van der Waals surface area contributed by atoms with Crippen LogP contribution >= 0.6 is 0 Å². The van der Waals surface area contributed by atoms with Gasteiger partial charge in [-0.3, -0.25) is 0 Å². The smallest absolute Gasteiger partial charge is 0.416 e. The summed E-state index contributed by atoms with van der Waals surface area (Å²) in [6, 6.07) is 5.86. The summed E-state index contributed by atoms with van der Waals surface area (Å²) in [7, 11) is 0. The molecule has 3 aromatic rings. The summed E-state index contributed by atoms with van der Waals surface area (Å²) >= 11 is 0. The lowest BCUT2D eigenvalue weighted by Gasteiger charge is -2.30. The Kier molecular flexibility index (Phi) is 7.56. The first-order valence-corrected chi connectivity index (χ1v) is 11.2. The molecule has 1 aromatic heterocycles. The van der Waals surface area contributed by atoms with Crippen molar-refractivity contribution in [2.45, 2.75) is 64.0 Å². The van der Waals surface area contributed by atoms with E-state index in [4.69, 9.17) is 9.15 Å². The van der Waals surface area contributed by atoms with E-state index in [0.717, 1.165) is 0 Å². The van der Waals surface area contributed by atoms with Crippen LogP contribution in [0.15, 0.2) is 40.8 Å². The summed E-state index contributed by atoms with van der Waals surface area (Å²) in [5.74, 6) is -0.393. The van der Waals surface area contributed by atoms with Crippen molar-refractivity contribution in [3.8, 4) is 11.5 Å². The topological polar surface area (TPSA) is 84.6 Å². The molecule has 2 N–H and O–H groups in total. The monoisotopic (exact) mass is 532 g/mol. The third-order valence-corrected chi connectivity index (χ3v) is 5.40. The van der Waals surface area contributed by atoms with Crippen LogP contribution in [0.3, 0.4) is 0 Å². The summed E-state index contributed by atoms with van der Waals surface area (Å²) < 4.78 is 89.9. The van der Waals surface area contributed by atoms with E-state index < -0.39 is 52.2 Å². The second-order valence-electron chi connectivity index (χ2n) is 9.96. The highest BCUT2D eigenvalue weighted by molar-refractivity contribution is 5.77. The Morgan fingerprint density at radius 3 is 2.08 bits per heavy atom.